The molecule has 1 aliphatic rings. The van der Waals surface area contributed by atoms with Gasteiger partial charge in [0.2, 0.25) is 0 Å². The summed E-state index contributed by atoms with van der Waals surface area (Å²) in [6, 6.07) is 3.03. The Bertz CT molecular complexity index is 739. The maximum atomic E-state index is 12.9. The topological polar surface area (TPSA) is 84.6 Å². The van der Waals surface area contributed by atoms with E-state index in [4.69, 9.17) is 0 Å². The molecule has 8 nitrogen and oxygen atoms in total. The lowest BCUT2D eigenvalue weighted by atomic mass is 10.1. The van der Waals surface area contributed by atoms with Crippen LogP contribution < -0.4 is 10.2 Å². The number of hydrogen-bond donors (Lipinski definition) is 1. The first-order valence-corrected chi connectivity index (χ1v) is 7.27. The summed E-state index contributed by atoms with van der Waals surface area (Å²) in [4.78, 5) is 13.1. The summed E-state index contributed by atoms with van der Waals surface area (Å²) in [7, 11) is 1.29. The predicted octanol–water partition coefficient (Wildman–Crippen LogP) is 1.47. The monoisotopic (exact) mass is 344 g/mol. The second kappa shape index (κ2) is 6.13. The molecule has 0 aliphatic carbocycles. The number of fused-ring (bicyclic) bond motifs is 1. The Kier molecular flexibility index (Phi) is 4.16. The summed E-state index contributed by atoms with van der Waals surface area (Å²) in [6.45, 7) is 1.10. The van der Waals surface area contributed by atoms with Crippen LogP contribution in [0.1, 0.15) is 18.7 Å². The second-order valence-corrected chi connectivity index (χ2v) is 5.38. The first kappa shape index (κ1) is 16.3. The summed E-state index contributed by atoms with van der Waals surface area (Å²) in [5.74, 6) is -0.745. The SMILES string of the molecule is COC(=O)NC1CCN(c2ccc3nnc(C(F)(F)F)n3n2)CC1. The minimum absolute atomic E-state index is 0.0296. The summed E-state index contributed by atoms with van der Waals surface area (Å²) < 4.78 is 44.0. The van der Waals surface area contributed by atoms with Crippen molar-refractivity contribution in [2.45, 2.75) is 25.1 Å². The normalized spacial score (nSPS) is 16.4. The molecule has 0 unspecified atom stereocenters. The van der Waals surface area contributed by atoms with E-state index in [1.54, 1.807) is 6.07 Å². The van der Waals surface area contributed by atoms with Crippen LogP contribution in [0.2, 0.25) is 0 Å². The highest BCUT2D eigenvalue weighted by Crippen LogP contribution is 2.28. The van der Waals surface area contributed by atoms with Gasteiger partial charge in [-0.2, -0.15) is 17.7 Å². The Morgan fingerprint density at radius 1 is 1.29 bits per heavy atom. The van der Waals surface area contributed by atoms with Gasteiger partial charge in [0.1, 0.15) is 5.82 Å². The number of methoxy groups -OCH3 is 1. The Morgan fingerprint density at radius 2 is 2.00 bits per heavy atom. The lowest BCUT2D eigenvalue weighted by Crippen LogP contribution is -2.45. The molecule has 24 heavy (non-hydrogen) atoms. The Morgan fingerprint density at radius 3 is 2.62 bits per heavy atom. The van der Waals surface area contributed by atoms with Gasteiger partial charge in [-0.15, -0.1) is 15.3 Å². The number of halogens is 3. The molecule has 0 atom stereocenters. The number of alkyl carbamates (subject to hydrolysis) is 1. The predicted molar refractivity (Wildman–Crippen MR) is 76.6 cm³/mol. The van der Waals surface area contributed by atoms with Gasteiger partial charge in [-0.05, 0) is 25.0 Å². The van der Waals surface area contributed by atoms with Gasteiger partial charge >= 0.3 is 12.3 Å². The third kappa shape index (κ3) is 3.19. The van der Waals surface area contributed by atoms with Crippen LogP contribution in [0.3, 0.4) is 0 Å². The molecule has 1 aliphatic heterocycles. The molecule has 2 aromatic heterocycles. The largest absolute Gasteiger partial charge is 0.453 e. The number of aromatic nitrogens is 4. The zero-order valence-electron chi connectivity index (χ0n) is 12.7. The van der Waals surface area contributed by atoms with Crippen LogP contribution in [0, 0.1) is 0 Å². The van der Waals surface area contributed by atoms with Crippen molar-refractivity contribution >= 4 is 17.6 Å². The van der Waals surface area contributed by atoms with Gasteiger partial charge < -0.3 is 15.0 Å². The van der Waals surface area contributed by atoms with Gasteiger partial charge in [0.05, 0.1) is 7.11 Å². The molecule has 3 heterocycles. The Balaban J connectivity index is 1.75. The molecule has 0 spiro atoms. The number of nitrogens with one attached hydrogen (secondary N) is 1. The van der Waals surface area contributed by atoms with Crippen LogP contribution in [0.5, 0.6) is 0 Å². The fourth-order valence-electron chi connectivity index (χ4n) is 2.60. The molecule has 1 fully saturated rings. The van der Waals surface area contributed by atoms with E-state index in [2.05, 4.69) is 25.3 Å². The first-order chi connectivity index (χ1) is 11.4. The van der Waals surface area contributed by atoms with Crippen molar-refractivity contribution in [2.24, 2.45) is 0 Å². The number of piperidine rings is 1. The average Bonchev–Trinajstić information content (AvgIpc) is 2.98. The molecule has 3 rings (SSSR count). The van der Waals surface area contributed by atoms with Crippen molar-refractivity contribution in [3.8, 4) is 0 Å². The van der Waals surface area contributed by atoms with E-state index >= 15 is 0 Å². The maximum absolute atomic E-state index is 12.9. The maximum Gasteiger partial charge on any atom is 0.453 e. The fourth-order valence-corrected chi connectivity index (χ4v) is 2.60. The van der Waals surface area contributed by atoms with Crippen LogP contribution in [0.4, 0.5) is 23.8 Å². The molecule has 1 saturated heterocycles. The van der Waals surface area contributed by atoms with Crippen molar-refractivity contribution in [3.05, 3.63) is 18.0 Å². The van der Waals surface area contributed by atoms with Crippen LogP contribution in [-0.4, -0.2) is 52.1 Å². The van der Waals surface area contributed by atoms with E-state index in [1.807, 2.05) is 4.90 Å². The first-order valence-electron chi connectivity index (χ1n) is 7.27. The molecule has 1 N–H and O–H groups in total. The van der Waals surface area contributed by atoms with E-state index in [0.717, 1.165) is 0 Å². The third-order valence-corrected chi connectivity index (χ3v) is 3.83. The van der Waals surface area contributed by atoms with Gasteiger partial charge in [-0.3, -0.25) is 0 Å². The number of amides is 1. The lowest BCUT2D eigenvalue weighted by Gasteiger charge is -2.32. The van der Waals surface area contributed by atoms with Crippen LogP contribution in [0.15, 0.2) is 12.1 Å². The standard InChI is InChI=1S/C13H15F3N6O2/c1-24-12(23)17-8-4-6-21(7-5-8)10-3-2-9-18-19-11(13(14,15)16)22(9)20-10/h2-3,8H,4-7H2,1H3,(H,17,23). The summed E-state index contributed by atoms with van der Waals surface area (Å²) >= 11 is 0. The van der Waals surface area contributed by atoms with E-state index in [9.17, 15) is 18.0 Å². The second-order valence-electron chi connectivity index (χ2n) is 5.38. The fraction of sp³-hybridized carbons (Fsp3) is 0.538. The van der Waals surface area contributed by atoms with Crippen LogP contribution in [-0.2, 0) is 10.9 Å². The van der Waals surface area contributed by atoms with Gasteiger partial charge in [-0.1, -0.05) is 0 Å². The van der Waals surface area contributed by atoms with Gasteiger partial charge in [0.15, 0.2) is 5.65 Å². The van der Waals surface area contributed by atoms with Crippen molar-refractivity contribution in [1.82, 2.24) is 25.1 Å². The molecule has 130 valence electrons. The van der Waals surface area contributed by atoms with Crippen molar-refractivity contribution in [2.75, 3.05) is 25.1 Å². The zero-order chi connectivity index (χ0) is 17.3. The molecular formula is C13H15F3N6O2. The van der Waals surface area contributed by atoms with Crippen molar-refractivity contribution < 1.29 is 22.7 Å². The molecule has 11 heteroatoms. The van der Waals surface area contributed by atoms with Crippen LogP contribution in [0.25, 0.3) is 5.65 Å². The quantitative estimate of drug-likeness (QED) is 0.888. The van der Waals surface area contributed by atoms with Crippen molar-refractivity contribution in [1.29, 1.82) is 0 Å². The minimum Gasteiger partial charge on any atom is -0.453 e. The zero-order valence-corrected chi connectivity index (χ0v) is 12.7. The molecule has 1 amide bonds. The smallest absolute Gasteiger partial charge is 0.453 e. The summed E-state index contributed by atoms with van der Waals surface area (Å²) in [5, 5.41) is 13.4. The molecule has 0 saturated carbocycles. The highest BCUT2D eigenvalue weighted by molar-refractivity contribution is 5.67. The molecule has 0 aromatic carbocycles. The van der Waals surface area contributed by atoms with E-state index in [0.29, 0.717) is 36.3 Å². The van der Waals surface area contributed by atoms with Gasteiger partial charge in [0.25, 0.3) is 5.82 Å². The van der Waals surface area contributed by atoms with E-state index in [-0.39, 0.29) is 11.7 Å². The van der Waals surface area contributed by atoms with E-state index in [1.165, 1.54) is 13.2 Å². The minimum atomic E-state index is -4.62. The molecule has 2 aromatic rings. The Hall–Kier alpha value is -2.59. The highest BCUT2D eigenvalue weighted by Gasteiger charge is 2.37. The number of anilines is 1. The van der Waals surface area contributed by atoms with E-state index < -0.39 is 18.1 Å². The van der Waals surface area contributed by atoms with Gasteiger partial charge in [-0.25, -0.2) is 4.79 Å². The summed E-state index contributed by atoms with van der Waals surface area (Å²) in [6.07, 6.45) is -3.83. The number of ether oxygens (including phenoxy) is 1. The molecule has 0 radical (unpaired) electrons. The number of rotatable bonds is 2. The number of alkyl halides is 3. The number of nitrogens with zero attached hydrogens (tertiary/aromatic N) is 5. The summed E-state index contributed by atoms with van der Waals surface area (Å²) in [5.41, 5.74) is 0.0355. The number of hydrogen-bond acceptors (Lipinski definition) is 6. The molecule has 0 bridgehead atoms. The number of carbonyl (C=O) groups is 1. The Labute approximate surface area is 134 Å². The third-order valence-electron chi connectivity index (χ3n) is 3.83. The van der Waals surface area contributed by atoms with Gasteiger partial charge in [0, 0.05) is 19.1 Å². The highest BCUT2D eigenvalue weighted by atomic mass is 19.4. The lowest BCUT2D eigenvalue weighted by molar-refractivity contribution is -0.146. The average molecular weight is 344 g/mol. The molecular weight excluding hydrogens is 329 g/mol. The van der Waals surface area contributed by atoms with Crippen LogP contribution >= 0.6 is 0 Å². The number of carbonyl (C=O) groups excluding carboxylic acids is 1. The van der Waals surface area contributed by atoms with Crippen molar-refractivity contribution in [3.63, 3.8) is 0 Å².